The first-order chi connectivity index (χ1) is 19.7. The molecule has 0 saturated carbocycles. The smallest absolute Gasteiger partial charge is 0.324 e. The van der Waals surface area contributed by atoms with Crippen LogP contribution < -0.4 is 10.0 Å². The van der Waals surface area contributed by atoms with Crippen LogP contribution in [0.5, 0.6) is 0 Å². The van der Waals surface area contributed by atoms with Crippen molar-refractivity contribution < 1.29 is 31.5 Å². The Balaban J connectivity index is 1.53. The maximum atomic E-state index is 14.3. The number of carbonyl (C=O) groups is 2. The van der Waals surface area contributed by atoms with Crippen LogP contribution in [0.2, 0.25) is 0 Å². The summed E-state index contributed by atoms with van der Waals surface area (Å²) in [4.78, 5) is 25.3. The van der Waals surface area contributed by atoms with Crippen molar-refractivity contribution in [3.8, 4) is 0 Å². The van der Waals surface area contributed by atoms with Gasteiger partial charge in [0.2, 0.25) is 10.0 Å². The number of rotatable bonds is 12. The van der Waals surface area contributed by atoms with Crippen LogP contribution in [0.4, 0.5) is 8.78 Å². The molecule has 0 fully saturated rings. The molecule has 4 rings (SSSR count). The van der Waals surface area contributed by atoms with Crippen LogP contribution in [0.15, 0.2) is 114 Å². The minimum atomic E-state index is -4.58. The summed E-state index contributed by atoms with van der Waals surface area (Å²) in [7, 11) is -4.58. The van der Waals surface area contributed by atoms with E-state index in [1.807, 2.05) is 30.3 Å². The predicted molar refractivity (Wildman–Crippen MR) is 149 cm³/mol. The van der Waals surface area contributed by atoms with Crippen LogP contribution in [0.1, 0.15) is 21.5 Å². The lowest BCUT2D eigenvalue weighted by Gasteiger charge is -2.22. The fourth-order valence-corrected chi connectivity index (χ4v) is 5.40. The SMILES string of the molecule is O=C(N[C@H](COC(=O)[C@@H](Cc1ccccc1)NS(=O)(=O)c1ccc(F)cc1F)Cc1ccccc1)c1ccccc1. The van der Waals surface area contributed by atoms with Gasteiger partial charge in [0, 0.05) is 11.6 Å². The molecule has 0 bridgehead atoms. The number of nitrogens with one attached hydrogen (secondary N) is 2. The Kier molecular flexibility index (Phi) is 9.94. The van der Waals surface area contributed by atoms with Gasteiger partial charge in [0.1, 0.15) is 29.2 Å². The number of hydrogen-bond donors (Lipinski definition) is 2. The van der Waals surface area contributed by atoms with Crippen LogP contribution in [0.3, 0.4) is 0 Å². The maximum Gasteiger partial charge on any atom is 0.324 e. The van der Waals surface area contributed by atoms with Gasteiger partial charge in [0.25, 0.3) is 5.91 Å². The number of esters is 1. The van der Waals surface area contributed by atoms with Gasteiger partial charge in [0.05, 0.1) is 6.04 Å². The molecule has 0 aromatic heterocycles. The molecule has 41 heavy (non-hydrogen) atoms. The van der Waals surface area contributed by atoms with E-state index in [4.69, 9.17) is 4.74 Å². The highest BCUT2D eigenvalue weighted by molar-refractivity contribution is 7.89. The second-order valence-corrected chi connectivity index (χ2v) is 11.0. The molecule has 0 saturated heterocycles. The van der Waals surface area contributed by atoms with E-state index >= 15 is 0 Å². The molecule has 0 aliphatic heterocycles. The van der Waals surface area contributed by atoms with E-state index in [-0.39, 0.29) is 18.9 Å². The monoisotopic (exact) mass is 578 g/mol. The van der Waals surface area contributed by atoms with Gasteiger partial charge in [-0.15, -0.1) is 0 Å². The normalized spacial score (nSPS) is 12.7. The summed E-state index contributed by atoms with van der Waals surface area (Å²) in [6, 6.07) is 26.4. The maximum absolute atomic E-state index is 14.3. The minimum Gasteiger partial charge on any atom is -0.462 e. The molecular weight excluding hydrogens is 550 g/mol. The summed E-state index contributed by atoms with van der Waals surface area (Å²) in [5.74, 6) is -3.53. The molecule has 0 radical (unpaired) electrons. The molecule has 0 unspecified atom stereocenters. The van der Waals surface area contributed by atoms with Crippen molar-refractivity contribution in [1.29, 1.82) is 0 Å². The van der Waals surface area contributed by atoms with Crippen LogP contribution in [0, 0.1) is 11.6 Å². The summed E-state index contributed by atoms with van der Waals surface area (Å²) < 4.78 is 61.5. The first-order valence-corrected chi connectivity index (χ1v) is 14.3. The third-order valence-electron chi connectivity index (χ3n) is 6.17. The molecule has 10 heteroatoms. The van der Waals surface area contributed by atoms with E-state index < -0.39 is 44.6 Å². The highest BCUT2D eigenvalue weighted by Gasteiger charge is 2.30. The lowest BCUT2D eigenvalue weighted by molar-refractivity contribution is -0.146. The van der Waals surface area contributed by atoms with Crippen LogP contribution >= 0.6 is 0 Å². The number of benzene rings is 4. The summed E-state index contributed by atoms with van der Waals surface area (Å²) in [5, 5.41) is 2.87. The molecule has 0 aliphatic carbocycles. The van der Waals surface area contributed by atoms with Crippen LogP contribution in [0.25, 0.3) is 0 Å². The fourth-order valence-electron chi connectivity index (χ4n) is 4.16. The predicted octanol–water partition coefficient (Wildman–Crippen LogP) is 4.44. The van der Waals surface area contributed by atoms with Gasteiger partial charge >= 0.3 is 5.97 Å². The number of ether oxygens (including phenoxy) is 1. The van der Waals surface area contributed by atoms with Gasteiger partial charge < -0.3 is 10.1 Å². The van der Waals surface area contributed by atoms with E-state index in [0.717, 1.165) is 17.7 Å². The van der Waals surface area contributed by atoms with Crippen molar-refractivity contribution in [2.45, 2.75) is 29.8 Å². The zero-order valence-corrected chi connectivity index (χ0v) is 22.7. The third-order valence-corrected chi connectivity index (χ3v) is 7.68. The summed E-state index contributed by atoms with van der Waals surface area (Å²) in [6.45, 7) is -0.260. The number of carbonyl (C=O) groups excluding carboxylic acids is 2. The molecule has 1 amide bonds. The molecule has 2 N–H and O–H groups in total. The largest absolute Gasteiger partial charge is 0.462 e. The Bertz CT molecular complexity index is 1570. The van der Waals surface area contributed by atoms with Gasteiger partial charge in [-0.3, -0.25) is 9.59 Å². The third kappa shape index (κ3) is 8.54. The topological polar surface area (TPSA) is 102 Å². The average Bonchev–Trinajstić information content (AvgIpc) is 2.96. The van der Waals surface area contributed by atoms with Crippen molar-refractivity contribution in [1.82, 2.24) is 10.0 Å². The average molecular weight is 579 g/mol. The molecule has 4 aromatic rings. The zero-order valence-electron chi connectivity index (χ0n) is 21.9. The van der Waals surface area contributed by atoms with Crippen molar-refractivity contribution in [3.05, 3.63) is 138 Å². The van der Waals surface area contributed by atoms with Gasteiger partial charge in [-0.25, -0.2) is 17.2 Å². The molecule has 0 aliphatic rings. The molecule has 7 nitrogen and oxygen atoms in total. The minimum absolute atomic E-state index is 0.0958. The highest BCUT2D eigenvalue weighted by Crippen LogP contribution is 2.17. The van der Waals surface area contributed by atoms with Crippen LogP contribution in [-0.2, 0) is 32.4 Å². The van der Waals surface area contributed by atoms with E-state index in [1.54, 1.807) is 60.7 Å². The zero-order chi connectivity index (χ0) is 29.2. The van der Waals surface area contributed by atoms with E-state index in [9.17, 15) is 26.8 Å². The van der Waals surface area contributed by atoms with Gasteiger partial charge in [-0.2, -0.15) is 4.72 Å². The molecule has 4 aromatic carbocycles. The highest BCUT2D eigenvalue weighted by atomic mass is 32.2. The molecule has 0 spiro atoms. The lowest BCUT2D eigenvalue weighted by Crippen LogP contribution is -2.46. The number of halogens is 2. The molecule has 212 valence electrons. The lowest BCUT2D eigenvalue weighted by atomic mass is 10.1. The van der Waals surface area contributed by atoms with Gasteiger partial charge in [-0.05, 0) is 48.2 Å². The van der Waals surface area contributed by atoms with Crippen LogP contribution in [-0.4, -0.2) is 39.0 Å². The Labute approximate surface area is 237 Å². The standard InChI is InChI=1S/C31H28F2N2O5S/c32-25-16-17-29(27(33)20-25)41(38,39)35-28(19-23-12-6-2-7-13-23)31(37)40-21-26(18-22-10-4-1-5-11-22)34-30(36)24-14-8-3-9-15-24/h1-17,20,26,28,35H,18-19,21H2,(H,34,36)/t26-,28+/m0/s1. The Morgan fingerprint density at radius 3 is 1.90 bits per heavy atom. The number of sulfonamides is 1. The summed E-state index contributed by atoms with van der Waals surface area (Å²) in [6.07, 6.45) is 0.240. The summed E-state index contributed by atoms with van der Waals surface area (Å²) in [5.41, 5.74) is 1.93. The Hall–Kier alpha value is -4.41. The fraction of sp³-hybridized carbons (Fsp3) is 0.161. The second-order valence-electron chi connectivity index (χ2n) is 9.29. The first-order valence-electron chi connectivity index (χ1n) is 12.8. The quantitative estimate of drug-likeness (QED) is 0.242. The number of amides is 1. The van der Waals surface area contributed by atoms with Crippen molar-refractivity contribution in [2.24, 2.45) is 0 Å². The van der Waals surface area contributed by atoms with Crippen molar-refractivity contribution in [3.63, 3.8) is 0 Å². The molecule has 2 atom stereocenters. The Morgan fingerprint density at radius 1 is 0.756 bits per heavy atom. The van der Waals surface area contributed by atoms with E-state index in [2.05, 4.69) is 10.0 Å². The molecule has 0 heterocycles. The first kappa shape index (κ1) is 29.6. The van der Waals surface area contributed by atoms with Crippen molar-refractivity contribution >= 4 is 21.9 Å². The van der Waals surface area contributed by atoms with E-state index in [0.29, 0.717) is 23.6 Å². The number of hydrogen-bond acceptors (Lipinski definition) is 5. The van der Waals surface area contributed by atoms with Gasteiger partial charge in [0.15, 0.2) is 0 Å². The Morgan fingerprint density at radius 2 is 1.32 bits per heavy atom. The summed E-state index contributed by atoms with van der Waals surface area (Å²) >= 11 is 0. The second kappa shape index (κ2) is 13.8. The van der Waals surface area contributed by atoms with Gasteiger partial charge in [-0.1, -0.05) is 78.9 Å². The van der Waals surface area contributed by atoms with Crippen molar-refractivity contribution in [2.75, 3.05) is 6.61 Å². The molecular formula is C31H28F2N2O5S. The van der Waals surface area contributed by atoms with E-state index in [1.165, 1.54) is 0 Å².